The Morgan fingerprint density at radius 3 is 2.67 bits per heavy atom. The zero-order valence-electron chi connectivity index (χ0n) is 8.30. The van der Waals surface area contributed by atoms with Gasteiger partial charge in [-0.1, -0.05) is 18.2 Å². The van der Waals surface area contributed by atoms with Gasteiger partial charge in [0.15, 0.2) is 0 Å². The van der Waals surface area contributed by atoms with E-state index >= 15 is 0 Å². The fourth-order valence-corrected chi connectivity index (χ4v) is 2.20. The van der Waals surface area contributed by atoms with Crippen molar-refractivity contribution in [3.63, 3.8) is 0 Å². The predicted octanol–water partition coefficient (Wildman–Crippen LogP) is 3.07. The lowest BCUT2D eigenvalue weighted by molar-refractivity contribution is 0.561. The van der Waals surface area contributed by atoms with Gasteiger partial charge in [0, 0.05) is 22.3 Å². The third-order valence-corrected chi connectivity index (χ3v) is 3.28. The molecular formula is C12H13NOS. The van der Waals surface area contributed by atoms with E-state index in [1.165, 1.54) is 4.90 Å². The second-order valence-corrected chi connectivity index (χ2v) is 4.38. The van der Waals surface area contributed by atoms with E-state index in [0.29, 0.717) is 0 Å². The van der Waals surface area contributed by atoms with E-state index in [2.05, 4.69) is 12.1 Å². The molecule has 0 saturated heterocycles. The normalized spacial score (nSPS) is 12.6. The van der Waals surface area contributed by atoms with Crippen LogP contribution in [0.2, 0.25) is 0 Å². The van der Waals surface area contributed by atoms with Crippen molar-refractivity contribution in [3.8, 4) is 0 Å². The Balaban J connectivity index is 1.89. The van der Waals surface area contributed by atoms with Crippen LogP contribution in [-0.2, 0) is 0 Å². The summed E-state index contributed by atoms with van der Waals surface area (Å²) in [5.41, 5.74) is 7.06. The Morgan fingerprint density at radius 1 is 1.20 bits per heavy atom. The average Bonchev–Trinajstić information content (AvgIpc) is 2.81. The number of hydrogen-bond donors (Lipinski definition) is 1. The van der Waals surface area contributed by atoms with Crippen molar-refractivity contribution in [2.24, 2.45) is 5.73 Å². The van der Waals surface area contributed by atoms with Crippen LogP contribution < -0.4 is 5.73 Å². The number of hydrogen-bond acceptors (Lipinski definition) is 3. The molecule has 2 rings (SSSR count). The van der Waals surface area contributed by atoms with Gasteiger partial charge in [0.1, 0.15) is 0 Å². The number of thioether (sulfide) groups is 1. The van der Waals surface area contributed by atoms with Gasteiger partial charge in [0.25, 0.3) is 0 Å². The highest BCUT2D eigenvalue weighted by Gasteiger charge is 2.07. The molecule has 0 amide bonds. The molecule has 0 aliphatic carbocycles. The maximum atomic E-state index is 6.01. The van der Waals surface area contributed by atoms with Gasteiger partial charge in [-0.05, 0) is 18.2 Å². The van der Waals surface area contributed by atoms with Crippen LogP contribution in [0, 0.1) is 0 Å². The van der Waals surface area contributed by atoms with Gasteiger partial charge >= 0.3 is 0 Å². The summed E-state index contributed by atoms with van der Waals surface area (Å²) in [6.07, 6.45) is 3.36. The topological polar surface area (TPSA) is 39.2 Å². The Morgan fingerprint density at radius 2 is 2.00 bits per heavy atom. The molecule has 0 fully saturated rings. The summed E-state index contributed by atoms with van der Waals surface area (Å²) >= 11 is 1.76. The summed E-state index contributed by atoms with van der Waals surface area (Å²) in [6.45, 7) is 0. The van der Waals surface area contributed by atoms with E-state index in [0.717, 1.165) is 11.3 Å². The quantitative estimate of drug-likeness (QED) is 0.803. The number of furan rings is 1. The van der Waals surface area contributed by atoms with Crippen LogP contribution in [0.3, 0.4) is 0 Å². The maximum absolute atomic E-state index is 6.01. The minimum absolute atomic E-state index is 0.0361. The van der Waals surface area contributed by atoms with Crippen LogP contribution in [0.1, 0.15) is 11.6 Å². The lowest BCUT2D eigenvalue weighted by Crippen LogP contribution is -2.11. The van der Waals surface area contributed by atoms with Crippen molar-refractivity contribution in [1.29, 1.82) is 0 Å². The van der Waals surface area contributed by atoms with E-state index in [-0.39, 0.29) is 6.04 Å². The zero-order chi connectivity index (χ0) is 10.5. The molecule has 1 aromatic carbocycles. The molecule has 1 atom stereocenters. The second-order valence-electron chi connectivity index (χ2n) is 3.29. The number of rotatable bonds is 4. The minimum atomic E-state index is 0.0361. The van der Waals surface area contributed by atoms with Gasteiger partial charge in [-0.2, -0.15) is 0 Å². The SMILES string of the molecule is NC(CSc1ccccc1)c1ccoc1. The highest BCUT2D eigenvalue weighted by atomic mass is 32.2. The van der Waals surface area contributed by atoms with E-state index in [4.69, 9.17) is 10.2 Å². The summed E-state index contributed by atoms with van der Waals surface area (Å²) < 4.78 is 5.00. The third kappa shape index (κ3) is 2.88. The molecule has 2 nitrogen and oxygen atoms in total. The Hall–Kier alpha value is -1.19. The Bertz CT molecular complexity index is 385. The van der Waals surface area contributed by atoms with Gasteiger partial charge in [0.05, 0.1) is 12.5 Å². The van der Waals surface area contributed by atoms with Crippen molar-refractivity contribution in [2.75, 3.05) is 5.75 Å². The van der Waals surface area contributed by atoms with Crippen LogP contribution in [0.15, 0.2) is 58.2 Å². The minimum Gasteiger partial charge on any atom is -0.472 e. The highest BCUT2D eigenvalue weighted by Crippen LogP contribution is 2.23. The first-order valence-corrected chi connectivity index (χ1v) is 5.80. The van der Waals surface area contributed by atoms with Gasteiger partial charge in [-0.25, -0.2) is 0 Å². The lowest BCUT2D eigenvalue weighted by Gasteiger charge is -2.08. The molecule has 78 valence electrons. The van der Waals surface area contributed by atoms with Gasteiger partial charge < -0.3 is 10.2 Å². The second kappa shape index (κ2) is 5.05. The third-order valence-electron chi connectivity index (χ3n) is 2.14. The number of nitrogens with two attached hydrogens (primary N) is 1. The van der Waals surface area contributed by atoms with Crippen molar-refractivity contribution >= 4 is 11.8 Å². The predicted molar refractivity (Wildman–Crippen MR) is 62.8 cm³/mol. The van der Waals surface area contributed by atoms with Gasteiger partial charge in [-0.15, -0.1) is 11.8 Å². The van der Waals surface area contributed by atoms with Crippen LogP contribution in [0.25, 0.3) is 0 Å². The summed E-state index contributed by atoms with van der Waals surface area (Å²) in [6, 6.07) is 12.2. The fourth-order valence-electron chi connectivity index (χ4n) is 1.28. The van der Waals surface area contributed by atoms with Crippen molar-refractivity contribution in [3.05, 3.63) is 54.5 Å². The van der Waals surface area contributed by atoms with Crippen LogP contribution in [0.4, 0.5) is 0 Å². The largest absolute Gasteiger partial charge is 0.472 e. The standard InChI is InChI=1S/C12H13NOS/c13-12(10-6-7-14-8-10)9-15-11-4-2-1-3-5-11/h1-8,12H,9,13H2. The monoisotopic (exact) mass is 219 g/mol. The Kier molecular flexibility index (Phi) is 3.48. The molecule has 0 radical (unpaired) electrons. The highest BCUT2D eigenvalue weighted by molar-refractivity contribution is 7.99. The zero-order valence-corrected chi connectivity index (χ0v) is 9.11. The Labute approximate surface area is 93.5 Å². The van der Waals surface area contributed by atoms with E-state index < -0.39 is 0 Å². The first-order valence-electron chi connectivity index (χ1n) is 4.82. The summed E-state index contributed by atoms with van der Waals surface area (Å²) in [5, 5.41) is 0. The number of benzene rings is 1. The average molecular weight is 219 g/mol. The molecule has 2 aromatic rings. The fraction of sp³-hybridized carbons (Fsp3) is 0.167. The summed E-state index contributed by atoms with van der Waals surface area (Å²) in [4.78, 5) is 1.25. The van der Waals surface area contributed by atoms with Crippen LogP contribution >= 0.6 is 11.8 Å². The lowest BCUT2D eigenvalue weighted by atomic mass is 10.2. The van der Waals surface area contributed by atoms with Crippen molar-refractivity contribution < 1.29 is 4.42 Å². The smallest absolute Gasteiger partial charge is 0.0950 e. The molecule has 0 spiro atoms. The molecular weight excluding hydrogens is 206 g/mol. The molecule has 0 bridgehead atoms. The van der Waals surface area contributed by atoms with E-state index in [1.807, 2.05) is 24.3 Å². The molecule has 3 heteroatoms. The van der Waals surface area contributed by atoms with Gasteiger partial charge in [-0.3, -0.25) is 0 Å². The molecule has 1 heterocycles. The summed E-state index contributed by atoms with van der Waals surface area (Å²) in [5.74, 6) is 0.865. The molecule has 1 unspecified atom stereocenters. The van der Waals surface area contributed by atoms with E-state index in [9.17, 15) is 0 Å². The molecule has 1 aromatic heterocycles. The molecule has 2 N–H and O–H groups in total. The molecule has 0 aliphatic heterocycles. The van der Waals surface area contributed by atoms with Crippen LogP contribution in [0.5, 0.6) is 0 Å². The maximum Gasteiger partial charge on any atom is 0.0950 e. The summed E-state index contributed by atoms with van der Waals surface area (Å²) in [7, 11) is 0. The van der Waals surface area contributed by atoms with Crippen molar-refractivity contribution in [1.82, 2.24) is 0 Å². The molecule has 0 saturated carbocycles. The van der Waals surface area contributed by atoms with Gasteiger partial charge in [0.2, 0.25) is 0 Å². The first kappa shape index (κ1) is 10.3. The first-order chi connectivity index (χ1) is 7.36. The van der Waals surface area contributed by atoms with E-state index in [1.54, 1.807) is 24.3 Å². The molecule has 15 heavy (non-hydrogen) atoms. The molecule has 0 aliphatic rings. The van der Waals surface area contributed by atoms with Crippen molar-refractivity contribution in [2.45, 2.75) is 10.9 Å². The van der Waals surface area contributed by atoms with Crippen LogP contribution in [-0.4, -0.2) is 5.75 Å².